The highest BCUT2D eigenvalue weighted by atomic mass is 35.5. The molecule has 2 nitrogen and oxygen atoms in total. The highest BCUT2D eigenvalue weighted by Gasteiger charge is 2.23. The summed E-state index contributed by atoms with van der Waals surface area (Å²) in [5.41, 5.74) is 0.617. The zero-order valence-electron chi connectivity index (χ0n) is 10.5. The van der Waals surface area contributed by atoms with Crippen molar-refractivity contribution < 1.29 is 4.39 Å². The Morgan fingerprint density at radius 1 is 1.47 bits per heavy atom. The van der Waals surface area contributed by atoms with Gasteiger partial charge in [-0.05, 0) is 51.1 Å². The highest BCUT2D eigenvalue weighted by molar-refractivity contribution is 6.31. The van der Waals surface area contributed by atoms with E-state index in [9.17, 15) is 4.39 Å². The van der Waals surface area contributed by atoms with Crippen molar-refractivity contribution in [3.05, 3.63) is 34.1 Å². The zero-order valence-corrected chi connectivity index (χ0v) is 11.3. The van der Waals surface area contributed by atoms with Gasteiger partial charge in [0.15, 0.2) is 0 Å². The molecule has 1 aromatic carbocycles. The van der Waals surface area contributed by atoms with E-state index in [0.29, 0.717) is 22.7 Å². The molecule has 0 aliphatic carbocycles. The van der Waals surface area contributed by atoms with E-state index >= 15 is 0 Å². The normalized spacial score (nSPS) is 11.6. The first-order valence-electron chi connectivity index (χ1n) is 5.35. The summed E-state index contributed by atoms with van der Waals surface area (Å²) in [7, 11) is 1.82. The molecule has 4 heteroatoms. The molecule has 0 heterocycles. The fourth-order valence-corrected chi connectivity index (χ4v) is 1.63. The van der Waals surface area contributed by atoms with Crippen LogP contribution in [0.4, 0.5) is 4.39 Å². The molecule has 92 valence electrons. The average Bonchev–Trinajstić information content (AvgIpc) is 2.25. The third kappa shape index (κ3) is 3.18. The quantitative estimate of drug-likeness (QED) is 0.825. The Hall–Kier alpha value is -1.11. The standard InChI is InChI=1S/C13H16ClFN2/c1-9-5-11(14)10(6-12(9)15)7-17(4)13(2,3)8-16/h5-6H,7H2,1-4H3. The summed E-state index contributed by atoms with van der Waals surface area (Å²) in [6, 6.07) is 5.24. The van der Waals surface area contributed by atoms with Gasteiger partial charge in [-0.3, -0.25) is 4.90 Å². The van der Waals surface area contributed by atoms with E-state index in [0.717, 1.165) is 0 Å². The van der Waals surface area contributed by atoms with Gasteiger partial charge in [0, 0.05) is 11.6 Å². The number of hydrogen-bond acceptors (Lipinski definition) is 2. The van der Waals surface area contributed by atoms with Crippen molar-refractivity contribution in [1.29, 1.82) is 5.26 Å². The molecule has 0 fully saturated rings. The molecule has 0 amide bonds. The maximum atomic E-state index is 13.4. The topological polar surface area (TPSA) is 27.0 Å². The lowest BCUT2D eigenvalue weighted by molar-refractivity contribution is 0.202. The molecule has 17 heavy (non-hydrogen) atoms. The second-order valence-corrected chi connectivity index (χ2v) is 5.13. The number of benzene rings is 1. The van der Waals surface area contributed by atoms with Gasteiger partial charge in [-0.1, -0.05) is 11.6 Å². The zero-order chi connectivity index (χ0) is 13.2. The Morgan fingerprint density at radius 3 is 2.59 bits per heavy atom. The first-order chi connectivity index (χ1) is 7.77. The lowest BCUT2D eigenvalue weighted by atomic mass is 10.0. The molecule has 0 saturated carbocycles. The van der Waals surface area contributed by atoms with Gasteiger partial charge in [0.25, 0.3) is 0 Å². The lowest BCUT2D eigenvalue weighted by Crippen LogP contribution is -2.39. The summed E-state index contributed by atoms with van der Waals surface area (Å²) < 4.78 is 13.4. The van der Waals surface area contributed by atoms with Crippen LogP contribution in [0, 0.1) is 24.1 Å². The molecule has 0 saturated heterocycles. The van der Waals surface area contributed by atoms with Crippen LogP contribution in [0.1, 0.15) is 25.0 Å². The van der Waals surface area contributed by atoms with E-state index in [1.54, 1.807) is 13.0 Å². The Labute approximate surface area is 107 Å². The van der Waals surface area contributed by atoms with E-state index < -0.39 is 5.54 Å². The molecule has 0 aliphatic rings. The van der Waals surface area contributed by atoms with E-state index in [4.69, 9.17) is 16.9 Å². The van der Waals surface area contributed by atoms with Gasteiger partial charge in [-0.15, -0.1) is 0 Å². The molecule has 0 aliphatic heterocycles. The summed E-state index contributed by atoms with van der Waals surface area (Å²) in [6.45, 7) is 5.74. The second-order valence-electron chi connectivity index (χ2n) is 4.72. The Kier molecular flexibility index (Phi) is 4.13. The molecule has 0 spiro atoms. The van der Waals surface area contributed by atoms with Crippen LogP contribution in [0.5, 0.6) is 0 Å². The van der Waals surface area contributed by atoms with Gasteiger partial charge < -0.3 is 0 Å². The van der Waals surface area contributed by atoms with E-state index in [-0.39, 0.29) is 5.82 Å². The molecular weight excluding hydrogens is 239 g/mol. The Bertz CT molecular complexity index is 463. The fourth-order valence-electron chi connectivity index (χ4n) is 1.35. The molecule has 0 N–H and O–H groups in total. The molecule has 1 aromatic rings. The van der Waals surface area contributed by atoms with Crippen molar-refractivity contribution >= 4 is 11.6 Å². The van der Waals surface area contributed by atoms with E-state index in [2.05, 4.69) is 6.07 Å². The van der Waals surface area contributed by atoms with E-state index in [1.807, 2.05) is 25.8 Å². The summed E-state index contributed by atoms with van der Waals surface area (Å²) in [5, 5.41) is 9.54. The van der Waals surface area contributed by atoms with Crippen LogP contribution in [0.3, 0.4) is 0 Å². The first kappa shape index (κ1) is 14.0. The monoisotopic (exact) mass is 254 g/mol. The molecule has 0 aromatic heterocycles. The first-order valence-corrected chi connectivity index (χ1v) is 5.72. The smallest absolute Gasteiger partial charge is 0.126 e. The SMILES string of the molecule is Cc1cc(Cl)c(CN(C)C(C)(C)C#N)cc1F. The van der Waals surface area contributed by atoms with Gasteiger partial charge in [-0.25, -0.2) is 4.39 Å². The van der Waals surface area contributed by atoms with Crippen LogP contribution < -0.4 is 0 Å². The third-order valence-electron chi connectivity index (χ3n) is 2.96. The van der Waals surface area contributed by atoms with Gasteiger partial charge in [0.1, 0.15) is 11.4 Å². The number of hydrogen-bond donors (Lipinski definition) is 0. The maximum Gasteiger partial charge on any atom is 0.126 e. The largest absolute Gasteiger partial charge is 0.285 e. The van der Waals surface area contributed by atoms with Crippen LogP contribution in [-0.4, -0.2) is 17.5 Å². The van der Waals surface area contributed by atoms with Crippen molar-refractivity contribution in [3.63, 3.8) is 0 Å². The molecule has 0 unspecified atom stereocenters. The van der Waals surface area contributed by atoms with Crippen LogP contribution in [0.2, 0.25) is 5.02 Å². The summed E-state index contributed by atoms with van der Waals surface area (Å²) in [4.78, 5) is 1.84. The third-order valence-corrected chi connectivity index (χ3v) is 3.31. The van der Waals surface area contributed by atoms with Crippen LogP contribution in [0.15, 0.2) is 12.1 Å². The highest BCUT2D eigenvalue weighted by Crippen LogP contribution is 2.23. The van der Waals surface area contributed by atoms with Crippen LogP contribution in [-0.2, 0) is 6.54 Å². The minimum Gasteiger partial charge on any atom is -0.285 e. The number of aryl methyl sites for hydroxylation is 1. The summed E-state index contributed by atoms with van der Waals surface area (Å²) >= 11 is 6.06. The van der Waals surface area contributed by atoms with Gasteiger partial charge >= 0.3 is 0 Å². The molecule has 0 radical (unpaired) electrons. The van der Waals surface area contributed by atoms with Gasteiger partial charge in [0.05, 0.1) is 6.07 Å². The Balaban J connectivity index is 2.98. The fraction of sp³-hybridized carbons (Fsp3) is 0.462. The number of nitrogens with zero attached hydrogens (tertiary/aromatic N) is 2. The summed E-state index contributed by atoms with van der Waals surface area (Å²) in [6.07, 6.45) is 0. The number of halogens is 2. The van der Waals surface area contributed by atoms with Crippen LogP contribution >= 0.6 is 11.6 Å². The van der Waals surface area contributed by atoms with Crippen molar-refractivity contribution in [2.24, 2.45) is 0 Å². The van der Waals surface area contributed by atoms with Crippen LogP contribution in [0.25, 0.3) is 0 Å². The second kappa shape index (κ2) is 5.03. The minimum atomic E-state index is -0.606. The van der Waals surface area contributed by atoms with Gasteiger partial charge in [0.2, 0.25) is 0 Å². The van der Waals surface area contributed by atoms with Gasteiger partial charge in [-0.2, -0.15) is 5.26 Å². The minimum absolute atomic E-state index is 0.271. The Morgan fingerprint density at radius 2 is 2.06 bits per heavy atom. The van der Waals surface area contributed by atoms with Crippen molar-refractivity contribution in [2.75, 3.05) is 7.05 Å². The predicted molar refractivity (Wildman–Crippen MR) is 67.3 cm³/mol. The predicted octanol–water partition coefficient (Wildman–Crippen LogP) is 3.52. The lowest BCUT2D eigenvalue weighted by Gasteiger charge is -2.29. The summed E-state index contributed by atoms with van der Waals surface area (Å²) in [5.74, 6) is -0.271. The van der Waals surface area contributed by atoms with E-state index in [1.165, 1.54) is 6.07 Å². The average molecular weight is 255 g/mol. The molecule has 0 atom stereocenters. The molecule has 1 rings (SSSR count). The number of nitriles is 1. The van der Waals surface area contributed by atoms with Crippen molar-refractivity contribution in [3.8, 4) is 6.07 Å². The number of rotatable bonds is 3. The molecular formula is C13H16ClFN2. The molecule has 0 bridgehead atoms. The van der Waals surface area contributed by atoms with Crippen molar-refractivity contribution in [2.45, 2.75) is 32.9 Å². The van der Waals surface area contributed by atoms with Crippen molar-refractivity contribution in [1.82, 2.24) is 4.90 Å². The maximum absolute atomic E-state index is 13.4.